The van der Waals surface area contributed by atoms with E-state index in [1.165, 1.54) is 0 Å². The number of nitrogens with zero attached hydrogens (tertiary/aromatic N) is 2. The first-order valence-corrected chi connectivity index (χ1v) is 15.5. The number of aliphatic hydroxyl groups is 1. The molecule has 3 aliphatic rings. The highest BCUT2D eigenvalue weighted by Crippen LogP contribution is 2.60. The molecule has 39 heavy (non-hydrogen) atoms. The Labute approximate surface area is 242 Å². The molecule has 7 atom stereocenters. The van der Waals surface area contributed by atoms with Crippen molar-refractivity contribution in [3.8, 4) is 0 Å². The molecule has 0 aromatic carbocycles. The highest BCUT2D eigenvalue weighted by Gasteiger charge is 2.77. The minimum absolute atomic E-state index is 0.190. The number of carbonyl (C=O) groups excluding carboxylic acids is 3. The number of fused-ring (bicyclic) bond motifs is 1. The molecular formula is C30H47BrN2O6. The lowest BCUT2D eigenvalue weighted by atomic mass is 9.70. The van der Waals surface area contributed by atoms with E-state index in [4.69, 9.17) is 9.47 Å². The van der Waals surface area contributed by atoms with Gasteiger partial charge in [-0.2, -0.15) is 0 Å². The van der Waals surface area contributed by atoms with Gasteiger partial charge in [-0.3, -0.25) is 14.4 Å². The summed E-state index contributed by atoms with van der Waals surface area (Å²) in [6, 6.07) is -1.48. The number of ether oxygens (including phenoxy) is 2. The summed E-state index contributed by atoms with van der Waals surface area (Å²) in [6.07, 6.45) is 9.20. The molecule has 2 bridgehead atoms. The zero-order chi connectivity index (χ0) is 28.7. The number of carbonyl (C=O) groups is 3. The van der Waals surface area contributed by atoms with Crippen molar-refractivity contribution in [2.75, 3.05) is 26.3 Å². The number of rotatable bonds is 17. The molecule has 0 radical (unpaired) electrons. The van der Waals surface area contributed by atoms with Gasteiger partial charge < -0.3 is 24.4 Å². The zero-order valence-electron chi connectivity index (χ0n) is 23.9. The highest BCUT2D eigenvalue weighted by atomic mass is 79.9. The van der Waals surface area contributed by atoms with Gasteiger partial charge in [0.15, 0.2) is 0 Å². The summed E-state index contributed by atoms with van der Waals surface area (Å²) in [5.74, 6) is -2.39. The van der Waals surface area contributed by atoms with Gasteiger partial charge in [0, 0.05) is 17.9 Å². The lowest BCUT2D eigenvalue weighted by molar-refractivity contribution is -0.156. The van der Waals surface area contributed by atoms with Crippen LogP contribution in [0.5, 0.6) is 0 Å². The summed E-state index contributed by atoms with van der Waals surface area (Å²) in [4.78, 5) is 45.2. The maximum Gasteiger partial charge on any atom is 0.312 e. The van der Waals surface area contributed by atoms with E-state index < -0.39 is 41.6 Å². The number of amides is 2. The van der Waals surface area contributed by atoms with Crippen molar-refractivity contribution in [2.24, 2.45) is 17.8 Å². The lowest BCUT2D eigenvalue weighted by Crippen LogP contribution is -2.59. The average Bonchev–Trinajstić information content (AvgIpc) is 3.49. The third kappa shape index (κ3) is 6.46. The minimum atomic E-state index is -1.16. The van der Waals surface area contributed by atoms with Crippen LogP contribution < -0.4 is 0 Å². The molecule has 0 aromatic heterocycles. The van der Waals surface area contributed by atoms with Gasteiger partial charge in [-0.25, -0.2) is 0 Å². The van der Waals surface area contributed by atoms with Gasteiger partial charge >= 0.3 is 5.97 Å². The predicted octanol–water partition coefficient (Wildman–Crippen LogP) is 4.25. The molecule has 8 nitrogen and oxygen atoms in total. The van der Waals surface area contributed by atoms with Crippen molar-refractivity contribution in [3.05, 3.63) is 25.3 Å². The number of alkyl halides is 1. The van der Waals surface area contributed by atoms with E-state index in [0.717, 1.165) is 32.1 Å². The van der Waals surface area contributed by atoms with Crippen molar-refractivity contribution in [2.45, 2.75) is 101 Å². The molecule has 1 spiro atoms. The quantitative estimate of drug-likeness (QED) is 0.114. The first-order chi connectivity index (χ1) is 18.7. The Morgan fingerprint density at radius 1 is 1.26 bits per heavy atom. The molecule has 1 N–H and O–H groups in total. The summed E-state index contributed by atoms with van der Waals surface area (Å²) < 4.78 is 12.2. The topological polar surface area (TPSA) is 96.4 Å². The number of esters is 1. The van der Waals surface area contributed by atoms with Gasteiger partial charge in [-0.05, 0) is 44.4 Å². The second kappa shape index (κ2) is 14.3. The maximum atomic E-state index is 14.4. The van der Waals surface area contributed by atoms with Crippen molar-refractivity contribution in [3.63, 3.8) is 0 Å². The first-order valence-electron chi connectivity index (χ1n) is 14.6. The maximum absolute atomic E-state index is 14.4. The van der Waals surface area contributed by atoms with Gasteiger partial charge in [-0.1, -0.05) is 61.7 Å². The third-order valence-electron chi connectivity index (χ3n) is 8.32. The Morgan fingerprint density at radius 2 is 2.00 bits per heavy atom. The Morgan fingerprint density at radius 3 is 2.62 bits per heavy atom. The number of halogens is 1. The highest BCUT2D eigenvalue weighted by molar-refractivity contribution is 9.09. The summed E-state index contributed by atoms with van der Waals surface area (Å²) in [5.41, 5.74) is -1.16. The molecule has 3 saturated heterocycles. The van der Waals surface area contributed by atoms with Gasteiger partial charge in [0.25, 0.3) is 0 Å². The van der Waals surface area contributed by atoms with E-state index in [9.17, 15) is 19.5 Å². The summed E-state index contributed by atoms with van der Waals surface area (Å²) >= 11 is 3.70. The first kappa shape index (κ1) is 31.8. The fraction of sp³-hybridized carbons (Fsp3) is 0.767. The number of allylic oxidation sites excluding steroid dienone is 1. The van der Waals surface area contributed by atoms with Gasteiger partial charge in [0.1, 0.15) is 11.6 Å². The Balaban J connectivity index is 1.99. The SMILES string of the molecule is C=CCCCCOC(=O)[C@H]1[C@@H]2OC3(CC2Br)C(C(=O)N(CC=C)CCCCC)N([C@@H](CO)CC(C)C)C(=O)[C@H]13. The molecule has 3 fully saturated rings. The molecule has 0 saturated carbocycles. The van der Waals surface area contributed by atoms with Crippen LogP contribution in [0, 0.1) is 17.8 Å². The van der Waals surface area contributed by atoms with Crippen molar-refractivity contribution in [1.82, 2.24) is 9.80 Å². The summed E-state index contributed by atoms with van der Waals surface area (Å²) in [5, 5.41) is 10.4. The van der Waals surface area contributed by atoms with E-state index in [2.05, 4.69) is 36.0 Å². The lowest BCUT2D eigenvalue weighted by Gasteiger charge is -2.39. The molecular weight excluding hydrogens is 564 g/mol. The van der Waals surface area contributed by atoms with Crippen molar-refractivity contribution in [1.29, 1.82) is 0 Å². The normalized spacial score (nSPS) is 29.9. The molecule has 3 aliphatic heterocycles. The number of hydrogen-bond acceptors (Lipinski definition) is 6. The third-order valence-corrected chi connectivity index (χ3v) is 9.17. The summed E-state index contributed by atoms with van der Waals surface area (Å²) in [6.45, 7) is 14.6. The molecule has 0 aliphatic carbocycles. The summed E-state index contributed by atoms with van der Waals surface area (Å²) in [7, 11) is 0. The molecule has 0 aromatic rings. The Bertz CT molecular complexity index is 897. The largest absolute Gasteiger partial charge is 0.465 e. The van der Waals surface area contributed by atoms with Crippen LogP contribution in [-0.4, -0.2) is 87.6 Å². The van der Waals surface area contributed by atoms with E-state index >= 15 is 0 Å². The number of hydrogen-bond donors (Lipinski definition) is 1. The van der Waals surface area contributed by atoms with E-state index in [0.29, 0.717) is 32.4 Å². The van der Waals surface area contributed by atoms with Crippen LogP contribution in [0.25, 0.3) is 0 Å². The molecule has 3 heterocycles. The van der Waals surface area contributed by atoms with Crippen LogP contribution in [-0.2, 0) is 23.9 Å². The smallest absolute Gasteiger partial charge is 0.312 e. The van der Waals surface area contributed by atoms with Crippen LogP contribution in [0.3, 0.4) is 0 Å². The van der Waals surface area contributed by atoms with Crippen LogP contribution in [0.4, 0.5) is 0 Å². The number of aliphatic hydroxyl groups excluding tert-OH is 1. The Hall–Kier alpha value is -1.71. The fourth-order valence-corrected chi connectivity index (χ4v) is 7.60. The monoisotopic (exact) mass is 610 g/mol. The van der Waals surface area contributed by atoms with Crippen LogP contribution >= 0.6 is 15.9 Å². The van der Waals surface area contributed by atoms with Crippen LogP contribution in [0.1, 0.15) is 72.1 Å². The molecule has 220 valence electrons. The van der Waals surface area contributed by atoms with Crippen molar-refractivity contribution >= 4 is 33.7 Å². The van der Waals surface area contributed by atoms with E-state index in [1.807, 2.05) is 19.9 Å². The number of likely N-dealkylation sites (tertiary alicyclic amines) is 1. The van der Waals surface area contributed by atoms with Crippen LogP contribution in [0.2, 0.25) is 0 Å². The van der Waals surface area contributed by atoms with Gasteiger partial charge in [-0.15, -0.1) is 13.2 Å². The standard InChI is InChI=1S/C30H47BrN2O6/c1-6-9-11-13-16-38-29(37)23-24-27(35)33(21(19-34)17-20(4)5)26(30(24)18-22(31)25(23)39-30)28(36)32(14-8-3)15-12-10-7-2/h6,8,20-26,34H,1,3,7,9-19H2,2,4-5H3/t21-,22?,23-,24+,25-,26?,30?/m1/s1. The predicted molar refractivity (Wildman–Crippen MR) is 154 cm³/mol. The fourth-order valence-electron chi connectivity index (χ4n) is 6.66. The van der Waals surface area contributed by atoms with E-state index in [1.54, 1.807) is 15.9 Å². The van der Waals surface area contributed by atoms with Gasteiger partial charge in [0.05, 0.1) is 37.2 Å². The van der Waals surface area contributed by atoms with E-state index in [-0.39, 0.29) is 35.8 Å². The molecule has 3 rings (SSSR count). The average molecular weight is 612 g/mol. The second-order valence-electron chi connectivity index (χ2n) is 11.6. The minimum Gasteiger partial charge on any atom is -0.465 e. The number of unbranched alkanes of at least 4 members (excludes halogenated alkanes) is 4. The zero-order valence-corrected chi connectivity index (χ0v) is 25.4. The van der Waals surface area contributed by atoms with Crippen LogP contribution in [0.15, 0.2) is 25.3 Å². The molecule has 2 amide bonds. The molecule has 3 unspecified atom stereocenters. The van der Waals surface area contributed by atoms with Gasteiger partial charge in [0.2, 0.25) is 11.8 Å². The second-order valence-corrected chi connectivity index (χ2v) is 12.8. The molecule has 9 heteroatoms. The Kier molecular flexibility index (Phi) is 11.6. The van der Waals surface area contributed by atoms with Crippen molar-refractivity contribution < 1.29 is 29.0 Å².